The predicted molar refractivity (Wildman–Crippen MR) is 200 cm³/mol. The van der Waals surface area contributed by atoms with Crippen molar-refractivity contribution in [3.05, 3.63) is 58.7 Å². The van der Waals surface area contributed by atoms with Crippen LogP contribution in [-0.2, 0) is 25.5 Å². The minimum Gasteiger partial charge on any atom is -0.481 e. The van der Waals surface area contributed by atoms with Crippen LogP contribution in [0.2, 0.25) is 0 Å². The van der Waals surface area contributed by atoms with E-state index >= 15 is 0 Å². The number of aliphatic carboxylic acids is 1. The van der Waals surface area contributed by atoms with Crippen LogP contribution in [0.5, 0.6) is 0 Å². The predicted octanol–water partition coefficient (Wildman–Crippen LogP) is 8.10. The maximum absolute atomic E-state index is 13.9. The molecule has 3 saturated carbocycles. The summed E-state index contributed by atoms with van der Waals surface area (Å²) in [5, 5.41) is 25.2. The number of allylic oxidation sites excluding steroid dienone is 2. The lowest BCUT2D eigenvalue weighted by Gasteiger charge is -2.66. The number of ketones is 1. The topological polar surface area (TPSA) is 113 Å². The van der Waals surface area contributed by atoms with E-state index in [4.69, 9.17) is 4.74 Å². The Morgan fingerprint density at radius 2 is 1.73 bits per heavy atom. The van der Waals surface area contributed by atoms with Gasteiger partial charge in [-0.2, -0.15) is 0 Å². The number of esters is 1. The molecule has 8 unspecified atom stereocenters. The third-order valence-electron chi connectivity index (χ3n) is 14.8. The molecule has 0 amide bonds. The molecule has 0 bridgehead atoms. The van der Waals surface area contributed by atoms with Gasteiger partial charge in [-0.25, -0.2) is 0 Å². The monoisotopic (exact) mass is 701 g/mol. The Morgan fingerprint density at radius 1 is 1.02 bits per heavy atom. The summed E-state index contributed by atoms with van der Waals surface area (Å²) >= 11 is 0. The highest BCUT2D eigenvalue weighted by Gasteiger charge is 2.65. The number of carboxylic acid groups (broad SMARTS) is 1. The fraction of sp³-hybridized carbons (Fsp3) is 0.705. The van der Waals surface area contributed by atoms with Crippen molar-refractivity contribution in [1.29, 1.82) is 0 Å². The van der Waals surface area contributed by atoms with Gasteiger partial charge in [0.25, 0.3) is 0 Å². The van der Waals surface area contributed by atoms with Crippen LogP contribution in [0.3, 0.4) is 0 Å². The molecule has 7 heteroatoms. The molecule has 5 aliphatic rings. The van der Waals surface area contributed by atoms with Crippen molar-refractivity contribution in [2.75, 3.05) is 13.1 Å². The van der Waals surface area contributed by atoms with Gasteiger partial charge in [-0.05, 0) is 117 Å². The van der Waals surface area contributed by atoms with Crippen molar-refractivity contribution in [3.8, 4) is 0 Å². The molecule has 1 aromatic rings. The van der Waals surface area contributed by atoms with Gasteiger partial charge >= 0.3 is 11.9 Å². The Hall–Kier alpha value is -2.77. The second-order valence-electron chi connectivity index (χ2n) is 18.9. The van der Waals surface area contributed by atoms with Crippen LogP contribution in [0.4, 0.5) is 0 Å². The molecular formula is C44H63NO6. The fourth-order valence-electron chi connectivity index (χ4n) is 12.2. The second-order valence-corrected chi connectivity index (χ2v) is 18.9. The highest BCUT2D eigenvalue weighted by Crippen LogP contribution is 2.72. The number of fused-ring (bicyclic) bond motifs is 7. The molecule has 280 valence electrons. The van der Waals surface area contributed by atoms with E-state index in [-0.39, 0.29) is 40.5 Å². The number of aliphatic hydroxyl groups is 1. The highest BCUT2D eigenvalue weighted by molar-refractivity contribution is 6.00. The molecule has 0 aliphatic heterocycles. The van der Waals surface area contributed by atoms with Crippen molar-refractivity contribution >= 4 is 17.7 Å². The number of carboxylic acids is 1. The molecule has 6 rings (SSSR count). The summed E-state index contributed by atoms with van der Waals surface area (Å²) in [6.45, 7) is 18.1. The van der Waals surface area contributed by atoms with Crippen LogP contribution < -0.4 is 5.32 Å². The second kappa shape index (κ2) is 13.6. The first-order chi connectivity index (χ1) is 23.9. The van der Waals surface area contributed by atoms with Gasteiger partial charge in [-0.15, -0.1) is 0 Å². The summed E-state index contributed by atoms with van der Waals surface area (Å²) in [5.74, 6) is 0.134. The molecule has 3 fully saturated rings. The summed E-state index contributed by atoms with van der Waals surface area (Å²) in [5.41, 5.74) is 2.96. The highest BCUT2D eigenvalue weighted by atomic mass is 16.5. The van der Waals surface area contributed by atoms with Crippen molar-refractivity contribution < 1.29 is 29.3 Å². The van der Waals surface area contributed by atoms with Crippen molar-refractivity contribution in [2.45, 2.75) is 132 Å². The van der Waals surface area contributed by atoms with E-state index in [1.54, 1.807) is 13.8 Å². The van der Waals surface area contributed by atoms with E-state index in [0.29, 0.717) is 30.7 Å². The summed E-state index contributed by atoms with van der Waals surface area (Å²) in [7, 11) is 0. The Kier molecular flexibility index (Phi) is 10.1. The van der Waals surface area contributed by atoms with Crippen molar-refractivity contribution in [1.82, 2.24) is 5.32 Å². The van der Waals surface area contributed by atoms with Crippen LogP contribution >= 0.6 is 0 Å². The van der Waals surface area contributed by atoms with Gasteiger partial charge in [0.2, 0.25) is 0 Å². The molecule has 0 heterocycles. The summed E-state index contributed by atoms with van der Waals surface area (Å²) in [4.78, 5) is 38.6. The number of hydrogen-bond acceptors (Lipinski definition) is 6. The molecule has 8 atom stereocenters. The lowest BCUT2D eigenvalue weighted by Crippen LogP contribution is -2.59. The first-order valence-corrected chi connectivity index (χ1v) is 19.7. The van der Waals surface area contributed by atoms with E-state index in [2.05, 4.69) is 77.2 Å². The number of nitrogens with one attached hydrogen (secondary N) is 1. The number of ether oxygens (including phenoxy) is 1. The lowest BCUT2D eigenvalue weighted by molar-refractivity contribution is -0.168. The van der Waals surface area contributed by atoms with Gasteiger partial charge in [0, 0.05) is 23.8 Å². The molecule has 7 nitrogen and oxygen atoms in total. The third kappa shape index (κ3) is 6.36. The van der Waals surface area contributed by atoms with E-state index in [9.17, 15) is 24.6 Å². The van der Waals surface area contributed by atoms with E-state index in [0.717, 1.165) is 63.5 Å². The average Bonchev–Trinajstić information content (AvgIpc) is 3.38. The van der Waals surface area contributed by atoms with E-state index < -0.39 is 28.9 Å². The minimum atomic E-state index is -1.17. The Bertz CT molecular complexity index is 1590. The molecule has 51 heavy (non-hydrogen) atoms. The van der Waals surface area contributed by atoms with Gasteiger partial charge in [0.1, 0.15) is 6.10 Å². The number of carbonyl (C=O) groups is 3. The fourth-order valence-corrected chi connectivity index (χ4v) is 12.2. The number of carbonyl (C=O) groups excluding carboxylic acids is 2. The first-order valence-electron chi connectivity index (χ1n) is 19.7. The van der Waals surface area contributed by atoms with Gasteiger partial charge in [-0.3, -0.25) is 14.4 Å². The molecule has 0 radical (unpaired) electrons. The Morgan fingerprint density at radius 3 is 2.39 bits per heavy atom. The Labute approximate surface area is 306 Å². The first kappa shape index (κ1) is 38.0. The zero-order valence-electron chi connectivity index (χ0n) is 32.4. The van der Waals surface area contributed by atoms with Crippen LogP contribution in [0.15, 0.2) is 53.1 Å². The van der Waals surface area contributed by atoms with Gasteiger partial charge in [-0.1, -0.05) is 89.1 Å². The minimum absolute atomic E-state index is 0.0395. The van der Waals surface area contributed by atoms with Crippen LogP contribution in [0.25, 0.3) is 0 Å². The largest absolute Gasteiger partial charge is 0.481 e. The molecule has 3 N–H and O–H groups in total. The molecule has 0 saturated heterocycles. The van der Waals surface area contributed by atoms with Crippen LogP contribution in [0.1, 0.15) is 119 Å². The maximum atomic E-state index is 13.9. The number of benzene rings is 1. The molecule has 0 spiro atoms. The number of Topliss-reactive ketones (excluding diaryl/α,β-unsaturated/α-hetero) is 1. The smallest absolute Gasteiger partial charge is 0.309 e. The molecule has 1 aromatic carbocycles. The quantitative estimate of drug-likeness (QED) is 0.121. The van der Waals surface area contributed by atoms with Gasteiger partial charge in [0.05, 0.1) is 17.9 Å². The SMILES string of the molecule is CC(C)C1=C2C3CCC4C5(C)CCC(OC(=O)CC(C)(C)C(=O)O)C(C)(C)C5=CCC4(C)C3CCC2(C(O)CNCCc2ccccc2)CC1=O. The van der Waals surface area contributed by atoms with E-state index in [1.807, 2.05) is 6.07 Å². The Balaban J connectivity index is 1.24. The zero-order chi connectivity index (χ0) is 37.1. The zero-order valence-corrected chi connectivity index (χ0v) is 32.4. The maximum Gasteiger partial charge on any atom is 0.309 e. The number of aliphatic hydroxyl groups excluding tert-OH is 1. The van der Waals surface area contributed by atoms with Crippen LogP contribution in [-0.4, -0.2) is 53.2 Å². The summed E-state index contributed by atoms with van der Waals surface area (Å²) < 4.78 is 6.11. The van der Waals surface area contributed by atoms with Gasteiger partial charge in [0.15, 0.2) is 5.78 Å². The molecular weight excluding hydrogens is 638 g/mol. The normalized spacial score (nSPS) is 34.9. The third-order valence-corrected chi connectivity index (χ3v) is 14.8. The van der Waals surface area contributed by atoms with Crippen LogP contribution in [0, 0.1) is 50.7 Å². The molecule has 5 aliphatic carbocycles. The average molecular weight is 702 g/mol. The van der Waals surface area contributed by atoms with Crippen molar-refractivity contribution in [3.63, 3.8) is 0 Å². The number of hydrogen-bond donors (Lipinski definition) is 3. The standard InChI is InChI=1S/C44H63NO6/c1-27(2)37-31(46)24-44(34(47)26-45-23-19-28-12-10-9-11-13-28)22-16-30-29(38(37)44)14-15-33-42(30,7)20-17-32-41(5,6)35(18-21-43(32,33)8)51-36(48)25-40(3,4)39(49)50/h9-13,17,27,29-30,33-35,45,47H,14-16,18-26H2,1-8H3,(H,49,50). The number of rotatable bonds is 11. The van der Waals surface area contributed by atoms with E-state index in [1.165, 1.54) is 16.7 Å². The van der Waals surface area contributed by atoms with Gasteiger partial charge < -0.3 is 20.3 Å². The summed E-state index contributed by atoms with van der Waals surface area (Å²) in [6, 6.07) is 10.4. The lowest BCUT2D eigenvalue weighted by atomic mass is 9.39. The summed E-state index contributed by atoms with van der Waals surface area (Å²) in [6.07, 6.45) is 9.37. The molecule has 0 aromatic heterocycles. The van der Waals surface area contributed by atoms with Crippen molar-refractivity contribution in [2.24, 2.45) is 50.7 Å².